The van der Waals surface area contributed by atoms with Crippen molar-refractivity contribution >= 4 is 37.8 Å². The molecule has 4 saturated carbocycles. The molecular formula is C20H26Br2N6O. The van der Waals surface area contributed by atoms with Crippen LogP contribution in [-0.2, 0) is 23.4 Å². The molecule has 0 radical (unpaired) electrons. The van der Waals surface area contributed by atoms with Gasteiger partial charge in [-0.25, -0.2) is 9.67 Å². The van der Waals surface area contributed by atoms with Crippen LogP contribution in [0.25, 0.3) is 0 Å². The van der Waals surface area contributed by atoms with Crippen molar-refractivity contribution in [1.29, 1.82) is 0 Å². The Morgan fingerprint density at radius 3 is 2.62 bits per heavy atom. The van der Waals surface area contributed by atoms with Gasteiger partial charge in [0.15, 0.2) is 0 Å². The molecule has 0 aromatic carbocycles. The van der Waals surface area contributed by atoms with E-state index in [2.05, 4.69) is 58.6 Å². The summed E-state index contributed by atoms with van der Waals surface area (Å²) in [5.74, 6) is 1.49. The summed E-state index contributed by atoms with van der Waals surface area (Å²) in [6.07, 6.45) is 10.1. The first-order valence-electron chi connectivity index (χ1n) is 10.4. The quantitative estimate of drug-likeness (QED) is 0.592. The number of carbonyl (C=O) groups excluding carboxylic acids is 1. The second kappa shape index (κ2) is 6.90. The number of aromatic nitrogens is 5. The molecule has 2 unspecified atom stereocenters. The molecule has 0 N–H and O–H groups in total. The second-order valence-electron chi connectivity index (χ2n) is 9.34. The molecule has 1 amide bonds. The van der Waals surface area contributed by atoms with Crippen molar-refractivity contribution in [3.05, 3.63) is 27.4 Å². The number of carbonyl (C=O) groups is 1. The second-order valence-corrected chi connectivity index (χ2v) is 10.9. The Morgan fingerprint density at radius 1 is 1.28 bits per heavy atom. The highest BCUT2D eigenvalue weighted by Gasteiger charge is 2.62. The van der Waals surface area contributed by atoms with Crippen LogP contribution < -0.4 is 0 Å². The third-order valence-corrected chi connectivity index (χ3v) is 8.39. The molecule has 2 aromatic rings. The Labute approximate surface area is 187 Å². The SMILES string of the molecule is CCn1ncc(Br)c1CN(C)C(=O)C12CC3CC(C1)CC(n1cnc(Br)n1)(C3)C2. The van der Waals surface area contributed by atoms with Crippen molar-refractivity contribution < 1.29 is 4.79 Å². The Kier molecular flexibility index (Phi) is 4.70. The highest BCUT2D eigenvalue weighted by Crippen LogP contribution is 2.64. The number of hydrogen-bond acceptors (Lipinski definition) is 4. The fraction of sp³-hybridized carbons (Fsp3) is 0.700. The van der Waals surface area contributed by atoms with Crippen LogP contribution in [0.3, 0.4) is 0 Å². The van der Waals surface area contributed by atoms with E-state index >= 15 is 0 Å². The topological polar surface area (TPSA) is 68.8 Å². The maximum absolute atomic E-state index is 13.8. The van der Waals surface area contributed by atoms with Gasteiger partial charge >= 0.3 is 0 Å². The Hall–Kier alpha value is -1.22. The fourth-order valence-corrected chi connectivity index (χ4v) is 7.41. The Bertz CT molecular complexity index is 939. The average Bonchev–Trinajstić information content (AvgIpc) is 3.26. The van der Waals surface area contributed by atoms with Gasteiger partial charge in [0.05, 0.1) is 33.9 Å². The lowest BCUT2D eigenvalue weighted by Crippen LogP contribution is -2.61. The van der Waals surface area contributed by atoms with Crippen LogP contribution in [0.2, 0.25) is 0 Å². The Balaban J connectivity index is 1.44. The predicted octanol–water partition coefficient (Wildman–Crippen LogP) is 3.97. The summed E-state index contributed by atoms with van der Waals surface area (Å²) in [5, 5.41) is 9.01. The molecule has 156 valence electrons. The molecule has 4 aliphatic carbocycles. The summed E-state index contributed by atoms with van der Waals surface area (Å²) in [6.45, 7) is 3.44. The van der Waals surface area contributed by atoms with Crippen LogP contribution in [0.5, 0.6) is 0 Å². The zero-order valence-corrected chi connectivity index (χ0v) is 20.0. The van der Waals surface area contributed by atoms with Gasteiger partial charge in [0.2, 0.25) is 10.6 Å². The molecule has 9 heteroatoms. The van der Waals surface area contributed by atoms with Gasteiger partial charge in [0.1, 0.15) is 6.33 Å². The van der Waals surface area contributed by atoms with Crippen molar-refractivity contribution in [2.45, 2.75) is 64.1 Å². The molecular weight excluding hydrogens is 500 g/mol. The first-order chi connectivity index (χ1) is 13.8. The van der Waals surface area contributed by atoms with E-state index in [9.17, 15) is 4.79 Å². The molecule has 0 saturated heterocycles. The molecule has 2 heterocycles. The lowest BCUT2D eigenvalue weighted by Gasteiger charge is -2.61. The molecule has 7 nitrogen and oxygen atoms in total. The van der Waals surface area contributed by atoms with Gasteiger partial charge in [-0.3, -0.25) is 9.48 Å². The normalized spacial score (nSPS) is 32.7. The first-order valence-corrected chi connectivity index (χ1v) is 12.0. The minimum absolute atomic E-state index is 0.0641. The maximum Gasteiger partial charge on any atom is 0.228 e. The van der Waals surface area contributed by atoms with Crippen LogP contribution in [0.1, 0.15) is 51.1 Å². The van der Waals surface area contributed by atoms with E-state index in [0.717, 1.165) is 48.8 Å². The first kappa shape index (κ1) is 19.7. The van der Waals surface area contributed by atoms with Crippen molar-refractivity contribution in [3.63, 3.8) is 0 Å². The van der Waals surface area contributed by atoms with E-state index in [0.29, 0.717) is 23.1 Å². The van der Waals surface area contributed by atoms with Crippen LogP contribution in [-0.4, -0.2) is 42.4 Å². The van der Waals surface area contributed by atoms with Crippen LogP contribution in [0.15, 0.2) is 21.7 Å². The number of amides is 1. The predicted molar refractivity (Wildman–Crippen MR) is 115 cm³/mol. The molecule has 6 rings (SSSR count). The minimum atomic E-state index is -0.277. The summed E-state index contributed by atoms with van der Waals surface area (Å²) in [5.41, 5.74) is 0.717. The molecule has 4 aliphatic rings. The monoisotopic (exact) mass is 524 g/mol. The highest BCUT2D eigenvalue weighted by atomic mass is 79.9. The summed E-state index contributed by atoms with van der Waals surface area (Å²) in [7, 11) is 1.94. The number of hydrogen-bond donors (Lipinski definition) is 0. The minimum Gasteiger partial charge on any atom is -0.339 e. The summed E-state index contributed by atoms with van der Waals surface area (Å²) >= 11 is 7.00. The molecule has 2 aromatic heterocycles. The number of rotatable bonds is 5. The van der Waals surface area contributed by atoms with E-state index in [-0.39, 0.29) is 16.9 Å². The van der Waals surface area contributed by atoms with Gasteiger partial charge in [-0.2, -0.15) is 5.10 Å². The number of aryl methyl sites for hydroxylation is 1. The third-order valence-electron chi connectivity index (χ3n) is 7.36. The number of nitrogens with zero attached hydrogens (tertiary/aromatic N) is 6. The third kappa shape index (κ3) is 3.10. The lowest BCUT2D eigenvalue weighted by atomic mass is 9.46. The van der Waals surface area contributed by atoms with Gasteiger partial charge in [0.25, 0.3) is 0 Å². The van der Waals surface area contributed by atoms with Crippen LogP contribution >= 0.6 is 31.9 Å². The van der Waals surface area contributed by atoms with Crippen molar-refractivity contribution in [2.75, 3.05) is 7.05 Å². The van der Waals surface area contributed by atoms with Gasteiger partial charge in [-0.15, -0.1) is 5.10 Å². The fourth-order valence-electron chi connectivity index (χ4n) is 6.72. The smallest absolute Gasteiger partial charge is 0.228 e. The number of halogens is 2. The van der Waals surface area contributed by atoms with Crippen molar-refractivity contribution in [1.82, 2.24) is 29.4 Å². The van der Waals surface area contributed by atoms with Gasteiger partial charge in [-0.05, 0) is 89.1 Å². The zero-order chi connectivity index (χ0) is 20.4. The van der Waals surface area contributed by atoms with Crippen molar-refractivity contribution in [3.8, 4) is 0 Å². The molecule has 4 fully saturated rings. The largest absolute Gasteiger partial charge is 0.339 e. The summed E-state index contributed by atoms with van der Waals surface area (Å²) < 4.78 is 5.61. The van der Waals surface area contributed by atoms with Crippen LogP contribution in [0, 0.1) is 17.3 Å². The van der Waals surface area contributed by atoms with E-state index < -0.39 is 0 Å². The molecule has 2 atom stereocenters. The van der Waals surface area contributed by atoms with Gasteiger partial charge in [-0.1, -0.05) is 0 Å². The standard InChI is InChI=1S/C20H26Br2N6O/c1-3-27-16(15(21)9-24-27)10-26(2)17(29)19-5-13-4-14(6-19)8-20(7-13,11-19)28-12-23-18(22)25-28/h9,12-14H,3-8,10-11H2,1-2H3. The van der Waals surface area contributed by atoms with E-state index in [4.69, 9.17) is 0 Å². The van der Waals surface area contributed by atoms with E-state index in [1.165, 1.54) is 6.42 Å². The summed E-state index contributed by atoms with van der Waals surface area (Å²) in [4.78, 5) is 20.1. The highest BCUT2D eigenvalue weighted by molar-refractivity contribution is 9.10. The van der Waals surface area contributed by atoms with Crippen molar-refractivity contribution in [2.24, 2.45) is 17.3 Å². The molecule has 29 heavy (non-hydrogen) atoms. The lowest BCUT2D eigenvalue weighted by molar-refractivity contribution is -0.166. The molecule has 4 bridgehead atoms. The van der Waals surface area contributed by atoms with E-state index in [1.807, 2.05) is 29.2 Å². The van der Waals surface area contributed by atoms with Crippen LogP contribution in [0.4, 0.5) is 0 Å². The Morgan fingerprint density at radius 2 is 2.00 bits per heavy atom. The molecule has 0 spiro atoms. The van der Waals surface area contributed by atoms with Gasteiger partial charge < -0.3 is 4.90 Å². The van der Waals surface area contributed by atoms with Gasteiger partial charge in [0, 0.05) is 13.6 Å². The maximum atomic E-state index is 13.8. The zero-order valence-electron chi connectivity index (χ0n) is 16.8. The average molecular weight is 526 g/mol. The van der Waals surface area contributed by atoms with E-state index in [1.54, 1.807) is 0 Å². The summed E-state index contributed by atoms with van der Waals surface area (Å²) in [6, 6.07) is 0. The molecule has 0 aliphatic heterocycles.